The second kappa shape index (κ2) is 33.8. The molecule has 0 radical (unpaired) electrons. The molecule has 252 valence electrons. The fraction of sp³-hybridized carbons (Fsp3) is 0.846. The fourth-order valence-corrected chi connectivity index (χ4v) is 5.55. The number of benzene rings is 1. The molecule has 0 saturated carbocycles. The van der Waals surface area contributed by atoms with Crippen molar-refractivity contribution in [3.63, 3.8) is 0 Å². The number of ether oxygens (including phenoxy) is 4. The maximum atomic E-state index is 5.81. The lowest BCUT2D eigenvalue weighted by atomic mass is 10.0. The van der Waals surface area contributed by atoms with Gasteiger partial charge >= 0.3 is 0 Å². The molecule has 0 heterocycles. The Bertz CT molecular complexity index is 647. The van der Waals surface area contributed by atoms with Gasteiger partial charge in [-0.15, -0.1) is 0 Å². The molecule has 0 unspecified atom stereocenters. The van der Waals surface area contributed by atoms with E-state index >= 15 is 0 Å². The van der Waals surface area contributed by atoms with Gasteiger partial charge in [-0.3, -0.25) is 0 Å². The first-order valence-electron chi connectivity index (χ1n) is 18.8. The summed E-state index contributed by atoms with van der Waals surface area (Å²) in [4.78, 5) is 0. The number of aryl methyl sites for hydroxylation is 1. The van der Waals surface area contributed by atoms with Crippen LogP contribution in [0.15, 0.2) is 24.3 Å². The van der Waals surface area contributed by atoms with Gasteiger partial charge in [0, 0.05) is 6.61 Å². The van der Waals surface area contributed by atoms with Crippen molar-refractivity contribution >= 4 is 0 Å². The summed E-state index contributed by atoms with van der Waals surface area (Å²) in [7, 11) is 0. The highest BCUT2D eigenvalue weighted by Crippen LogP contribution is 2.16. The average Bonchev–Trinajstić information content (AvgIpc) is 3.03. The molecule has 0 spiro atoms. The third-order valence-corrected chi connectivity index (χ3v) is 8.38. The molecule has 4 heteroatoms. The number of hydrogen-bond donors (Lipinski definition) is 0. The quantitative estimate of drug-likeness (QED) is 0.0722. The summed E-state index contributed by atoms with van der Waals surface area (Å²) in [5, 5.41) is 0. The van der Waals surface area contributed by atoms with E-state index in [9.17, 15) is 0 Å². The molecule has 0 aromatic heterocycles. The molecular weight excluding hydrogens is 532 g/mol. The van der Waals surface area contributed by atoms with Gasteiger partial charge in [-0.25, -0.2) is 0 Å². The molecular formula is C39H72O4. The maximum Gasteiger partial charge on any atom is 0.119 e. The van der Waals surface area contributed by atoms with Gasteiger partial charge in [0.25, 0.3) is 0 Å². The summed E-state index contributed by atoms with van der Waals surface area (Å²) in [6, 6.07) is 8.56. The lowest BCUT2D eigenvalue weighted by molar-refractivity contribution is 0.00878. The SMILES string of the molecule is CCCCCCCCCCCCCCCCCCOCCOCCOCCOc1ccc(CCCCCCCCC)cc1. The minimum atomic E-state index is 0.569. The number of unbranched alkanes of at least 4 members (excludes halogenated alkanes) is 21. The Balaban J connectivity index is 1.73. The first-order valence-corrected chi connectivity index (χ1v) is 18.8. The van der Waals surface area contributed by atoms with Crippen LogP contribution < -0.4 is 4.74 Å². The maximum absolute atomic E-state index is 5.81. The summed E-state index contributed by atoms with van der Waals surface area (Å²) >= 11 is 0. The molecule has 43 heavy (non-hydrogen) atoms. The van der Waals surface area contributed by atoms with Crippen molar-refractivity contribution < 1.29 is 18.9 Å². The fourth-order valence-electron chi connectivity index (χ4n) is 5.55. The standard InChI is InChI=1S/C39H72O4/c1-3-5-7-9-11-12-13-14-15-16-17-18-19-21-23-25-31-40-32-33-41-34-35-42-36-37-43-39-29-27-38(28-30-39)26-24-22-20-10-8-6-4-2/h27-30H,3-26,31-37H2,1-2H3. The molecule has 0 atom stereocenters. The number of rotatable bonds is 35. The minimum Gasteiger partial charge on any atom is -0.491 e. The Kier molecular flexibility index (Phi) is 31.4. The van der Waals surface area contributed by atoms with Gasteiger partial charge in [0.2, 0.25) is 0 Å². The largest absolute Gasteiger partial charge is 0.491 e. The zero-order valence-corrected chi connectivity index (χ0v) is 28.9. The zero-order valence-electron chi connectivity index (χ0n) is 28.9. The summed E-state index contributed by atoms with van der Waals surface area (Å²) < 4.78 is 22.8. The third kappa shape index (κ3) is 29.4. The number of hydrogen-bond acceptors (Lipinski definition) is 4. The van der Waals surface area contributed by atoms with Crippen molar-refractivity contribution in [2.75, 3.05) is 46.2 Å². The molecule has 0 aliphatic heterocycles. The third-order valence-electron chi connectivity index (χ3n) is 8.38. The smallest absolute Gasteiger partial charge is 0.119 e. The predicted molar refractivity (Wildman–Crippen MR) is 186 cm³/mol. The van der Waals surface area contributed by atoms with Crippen molar-refractivity contribution in [2.24, 2.45) is 0 Å². The van der Waals surface area contributed by atoms with Crippen molar-refractivity contribution in [2.45, 2.75) is 168 Å². The highest BCUT2D eigenvalue weighted by molar-refractivity contribution is 5.27. The zero-order chi connectivity index (χ0) is 30.7. The second-order valence-corrected chi connectivity index (χ2v) is 12.5. The van der Waals surface area contributed by atoms with E-state index in [2.05, 4.69) is 38.1 Å². The normalized spacial score (nSPS) is 11.4. The minimum absolute atomic E-state index is 0.569. The lowest BCUT2D eigenvalue weighted by Crippen LogP contribution is -2.13. The lowest BCUT2D eigenvalue weighted by Gasteiger charge is -2.09. The highest BCUT2D eigenvalue weighted by Gasteiger charge is 1.99. The van der Waals surface area contributed by atoms with Gasteiger partial charge in [-0.1, -0.05) is 161 Å². The molecule has 0 aliphatic carbocycles. The molecule has 0 amide bonds. The van der Waals surface area contributed by atoms with Crippen molar-refractivity contribution in [1.29, 1.82) is 0 Å². The molecule has 0 bridgehead atoms. The van der Waals surface area contributed by atoms with E-state index in [4.69, 9.17) is 18.9 Å². The van der Waals surface area contributed by atoms with E-state index in [1.54, 1.807) is 0 Å². The predicted octanol–water partition coefficient (Wildman–Crippen LogP) is 11.7. The van der Waals surface area contributed by atoms with Crippen LogP contribution in [0.2, 0.25) is 0 Å². The van der Waals surface area contributed by atoms with Gasteiger partial charge in [0.1, 0.15) is 12.4 Å². The Labute approximate surface area is 268 Å². The van der Waals surface area contributed by atoms with Crippen LogP contribution in [0.3, 0.4) is 0 Å². The molecule has 4 nitrogen and oxygen atoms in total. The molecule has 0 N–H and O–H groups in total. The Morgan fingerprint density at radius 2 is 0.698 bits per heavy atom. The van der Waals surface area contributed by atoms with Gasteiger partial charge in [0.05, 0.1) is 33.0 Å². The summed E-state index contributed by atoms with van der Waals surface area (Å²) in [5.74, 6) is 0.921. The van der Waals surface area contributed by atoms with Gasteiger partial charge in [-0.05, 0) is 37.0 Å². The molecule has 1 aromatic rings. The van der Waals surface area contributed by atoms with Crippen LogP contribution in [-0.4, -0.2) is 46.2 Å². The summed E-state index contributed by atoms with van der Waals surface area (Å²) in [6.07, 6.45) is 33.1. The summed E-state index contributed by atoms with van der Waals surface area (Å²) in [6.45, 7) is 9.10. The van der Waals surface area contributed by atoms with Crippen LogP contribution in [0.4, 0.5) is 0 Å². The molecule has 0 aliphatic rings. The monoisotopic (exact) mass is 605 g/mol. The Morgan fingerprint density at radius 3 is 1.14 bits per heavy atom. The van der Waals surface area contributed by atoms with Gasteiger partial charge in [0.15, 0.2) is 0 Å². The van der Waals surface area contributed by atoms with Crippen LogP contribution in [0.5, 0.6) is 5.75 Å². The van der Waals surface area contributed by atoms with Gasteiger partial charge in [-0.2, -0.15) is 0 Å². The second-order valence-electron chi connectivity index (χ2n) is 12.5. The molecule has 1 aromatic carbocycles. The van der Waals surface area contributed by atoms with E-state index in [1.807, 2.05) is 0 Å². The Hall–Kier alpha value is -1.10. The van der Waals surface area contributed by atoms with Crippen LogP contribution in [-0.2, 0) is 20.6 Å². The van der Waals surface area contributed by atoms with E-state index in [-0.39, 0.29) is 0 Å². The van der Waals surface area contributed by atoms with Gasteiger partial charge < -0.3 is 18.9 Å². The first-order chi connectivity index (χ1) is 21.4. The van der Waals surface area contributed by atoms with Crippen LogP contribution in [0.1, 0.15) is 167 Å². The van der Waals surface area contributed by atoms with E-state index in [0.717, 1.165) is 12.4 Å². The molecule has 0 fully saturated rings. The topological polar surface area (TPSA) is 36.9 Å². The van der Waals surface area contributed by atoms with Crippen molar-refractivity contribution in [1.82, 2.24) is 0 Å². The van der Waals surface area contributed by atoms with Crippen LogP contribution in [0, 0.1) is 0 Å². The van der Waals surface area contributed by atoms with Crippen molar-refractivity contribution in [3.05, 3.63) is 29.8 Å². The molecule has 0 saturated heterocycles. The van der Waals surface area contributed by atoms with E-state index in [1.165, 1.54) is 160 Å². The highest BCUT2D eigenvalue weighted by atomic mass is 16.6. The Morgan fingerprint density at radius 1 is 0.349 bits per heavy atom. The van der Waals surface area contributed by atoms with Crippen molar-refractivity contribution in [3.8, 4) is 5.75 Å². The summed E-state index contributed by atoms with van der Waals surface area (Å²) in [5.41, 5.74) is 1.41. The van der Waals surface area contributed by atoms with E-state index < -0.39 is 0 Å². The average molecular weight is 605 g/mol. The first kappa shape index (κ1) is 39.9. The van der Waals surface area contributed by atoms with E-state index in [0.29, 0.717) is 39.6 Å². The van der Waals surface area contributed by atoms with Crippen LogP contribution >= 0.6 is 0 Å². The molecule has 1 rings (SSSR count). The van der Waals surface area contributed by atoms with Crippen LogP contribution in [0.25, 0.3) is 0 Å².